The quantitative estimate of drug-likeness (QED) is 0.784. The summed E-state index contributed by atoms with van der Waals surface area (Å²) in [4.78, 5) is 12.5. The van der Waals surface area contributed by atoms with E-state index in [1.165, 1.54) is 11.1 Å². The van der Waals surface area contributed by atoms with E-state index in [2.05, 4.69) is 18.2 Å². The number of aryl methyl sites for hydroxylation is 1. The Kier molecular flexibility index (Phi) is 3.31. The molecule has 2 aromatic carbocycles. The van der Waals surface area contributed by atoms with Crippen molar-refractivity contribution in [3.8, 4) is 5.75 Å². The fourth-order valence-corrected chi connectivity index (χ4v) is 2.91. The first-order valence-electron chi connectivity index (χ1n) is 6.94. The number of fused-ring (bicyclic) bond motifs is 1. The highest BCUT2D eigenvalue weighted by Gasteiger charge is 2.28. The van der Waals surface area contributed by atoms with Gasteiger partial charge in [0.2, 0.25) is 0 Å². The standard InChI is InChI=1S/C18H18O2/c1-12-7-8-16(18(9-12)20-2)17(19)11-14-10-13-5-3-4-6-15(13)14/h3-9,14H,10-11H2,1-2H3. The average molecular weight is 266 g/mol. The molecule has 0 aromatic heterocycles. The number of methoxy groups -OCH3 is 1. The summed E-state index contributed by atoms with van der Waals surface area (Å²) in [5, 5.41) is 0. The number of hydrogen-bond acceptors (Lipinski definition) is 2. The van der Waals surface area contributed by atoms with Gasteiger partial charge in [0.05, 0.1) is 12.7 Å². The van der Waals surface area contributed by atoms with Gasteiger partial charge in [-0.2, -0.15) is 0 Å². The lowest BCUT2D eigenvalue weighted by Gasteiger charge is -2.29. The zero-order valence-electron chi connectivity index (χ0n) is 11.8. The van der Waals surface area contributed by atoms with Crippen LogP contribution in [0.5, 0.6) is 5.75 Å². The van der Waals surface area contributed by atoms with Gasteiger partial charge in [-0.05, 0) is 48.1 Å². The largest absolute Gasteiger partial charge is 0.496 e. The molecule has 0 saturated carbocycles. The number of Topliss-reactive ketones (excluding diaryl/α,β-unsaturated/α-hetero) is 1. The Labute approximate surface area is 119 Å². The maximum atomic E-state index is 12.5. The van der Waals surface area contributed by atoms with Gasteiger partial charge in [0.1, 0.15) is 5.75 Å². The lowest BCUT2D eigenvalue weighted by molar-refractivity contribution is 0.0967. The summed E-state index contributed by atoms with van der Waals surface area (Å²) in [6.07, 6.45) is 1.58. The lowest BCUT2D eigenvalue weighted by Crippen LogP contribution is -2.20. The van der Waals surface area contributed by atoms with E-state index in [9.17, 15) is 4.79 Å². The molecule has 0 aliphatic heterocycles. The van der Waals surface area contributed by atoms with Gasteiger partial charge in [0.25, 0.3) is 0 Å². The van der Waals surface area contributed by atoms with Crippen molar-refractivity contribution in [3.05, 3.63) is 64.7 Å². The van der Waals surface area contributed by atoms with Gasteiger partial charge in [-0.1, -0.05) is 30.3 Å². The van der Waals surface area contributed by atoms with E-state index in [-0.39, 0.29) is 5.78 Å². The highest BCUT2D eigenvalue weighted by Crippen LogP contribution is 2.38. The van der Waals surface area contributed by atoms with Gasteiger partial charge in [0, 0.05) is 6.42 Å². The third-order valence-electron chi connectivity index (χ3n) is 4.05. The van der Waals surface area contributed by atoms with Crippen LogP contribution in [0.15, 0.2) is 42.5 Å². The van der Waals surface area contributed by atoms with Gasteiger partial charge in [-0.15, -0.1) is 0 Å². The Hall–Kier alpha value is -2.09. The number of carbonyl (C=O) groups excluding carboxylic acids is 1. The fourth-order valence-electron chi connectivity index (χ4n) is 2.91. The summed E-state index contributed by atoms with van der Waals surface area (Å²) >= 11 is 0. The number of rotatable bonds is 4. The molecule has 20 heavy (non-hydrogen) atoms. The molecule has 1 aliphatic rings. The van der Waals surface area contributed by atoms with Crippen LogP contribution in [0.2, 0.25) is 0 Å². The summed E-state index contributed by atoms with van der Waals surface area (Å²) in [5.74, 6) is 1.22. The predicted octanol–water partition coefficient (Wildman–Crippen LogP) is 3.92. The molecule has 2 heteroatoms. The SMILES string of the molecule is COc1cc(C)ccc1C(=O)CC1Cc2ccccc21. The molecule has 0 fully saturated rings. The van der Waals surface area contributed by atoms with Gasteiger partial charge < -0.3 is 4.74 Å². The zero-order valence-corrected chi connectivity index (χ0v) is 11.8. The first-order chi connectivity index (χ1) is 9.69. The maximum Gasteiger partial charge on any atom is 0.167 e. The van der Waals surface area contributed by atoms with Gasteiger partial charge >= 0.3 is 0 Å². The summed E-state index contributed by atoms with van der Waals surface area (Å²) in [5.41, 5.74) is 4.50. The van der Waals surface area contributed by atoms with E-state index in [0.717, 1.165) is 12.0 Å². The Morgan fingerprint density at radius 3 is 2.80 bits per heavy atom. The lowest BCUT2D eigenvalue weighted by atomic mass is 9.74. The Morgan fingerprint density at radius 1 is 1.25 bits per heavy atom. The van der Waals surface area contributed by atoms with Crippen molar-refractivity contribution < 1.29 is 9.53 Å². The van der Waals surface area contributed by atoms with Gasteiger partial charge in [0.15, 0.2) is 5.78 Å². The van der Waals surface area contributed by atoms with Crippen LogP contribution < -0.4 is 4.74 Å². The summed E-state index contributed by atoms with van der Waals surface area (Å²) in [7, 11) is 1.62. The highest BCUT2D eigenvalue weighted by molar-refractivity contribution is 5.99. The Morgan fingerprint density at radius 2 is 2.05 bits per heavy atom. The van der Waals surface area contributed by atoms with Crippen LogP contribution in [0.1, 0.15) is 39.4 Å². The average Bonchev–Trinajstić information content (AvgIpc) is 2.44. The molecule has 1 atom stereocenters. The molecule has 0 N–H and O–H groups in total. The number of ketones is 1. The molecule has 1 aliphatic carbocycles. The van der Waals surface area contributed by atoms with E-state index in [4.69, 9.17) is 4.74 Å². The van der Waals surface area contributed by atoms with Gasteiger partial charge in [-0.3, -0.25) is 4.79 Å². The first kappa shape index (κ1) is 12.9. The second-order valence-corrected chi connectivity index (χ2v) is 5.43. The van der Waals surface area contributed by atoms with Gasteiger partial charge in [-0.25, -0.2) is 0 Å². The van der Waals surface area contributed by atoms with Crippen molar-refractivity contribution in [1.82, 2.24) is 0 Å². The zero-order chi connectivity index (χ0) is 14.1. The minimum absolute atomic E-state index is 0.168. The summed E-state index contributed by atoms with van der Waals surface area (Å²) in [6.45, 7) is 2.00. The number of ether oxygens (including phenoxy) is 1. The third-order valence-corrected chi connectivity index (χ3v) is 4.05. The van der Waals surface area contributed by atoms with Crippen molar-refractivity contribution in [3.63, 3.8) is 0 Å². The Bertz CT molecular complexity index is 658. The predicted molar refractivity (Wildman–Crippen MR) is 79.6 cm³/mol. The number of benzene rings is 2. The molecule has 3 rings (SSSR count). The fraction of sp³-hybridized carbons (Fsp3) is 0.278. The van der Waals surface area contributed by atoms with Crippen LogP contribution in [0.25, 0.3) is 0 Å². The van der Waals surface area contributed by atoms with Crippen LogP contribution in [0, 0.1) is 6.92 Å². The third kappa shape index (κ3) is 2.22. The van der Waals surface area contributed by atoms with E-state index >= 15 is 0 Å². The summed E-state index contributed by atoms with van der Waals surface area (Å²) in [6, 6.07) is 14.1. The minimum Gasteiger partial charge on any atom is -0.496 e. The Balaban J connectivity index is 1.78. The minimum atomic E-state index is 0.168. The van der Waals surface area contributed by atoms with Crippen LogP contribution >= 0.6 is 0 Å². The van der Waals surface area contributed by atoms with Crippen molar-refractivity contribution >= 4 is 5.78 Å². The van der Waals surface area contributed by atoms with E-state index < -0.39 is 0 Å². The molecule has 2 nitrogen and oxygen atoms in total. The number of hydrogen-bond donors (Lipinski definition) is 0. The maximum absolute atomic E-state index is 12.5. The molecule has 0 saturated heterocycles. The molecule has 0 spiro atoms. The molecule has 102 valence electrons. The highest BCUT2D eigenvalue weighted by atomic mass is 16.5. The molecular formula is C18H18O2. The topological polar surface area (TPSA) is 26.3 Å². The second kappa shape index (κ2) is 5.12. The van der Waals surface area contributed by atoms with Crippen LogP contribution in [0.3, 0.4) is 0 Å². The molecule has 0 radical (unpaired) electrons. The van der Waals surface area contributed by atoms with Crippen molar-refractivity contribution in [2.75, 3.05) is 7.11 Å². The molecule has 0 bridgehead atoms. The van der Waals surface area contributed by atoms with E-state index in [1.807, 2.05) is 31.2 Å². The smallest absolute Gasteiger partial charge is 0.167 e. The molecule has 0 heterocycles. The molecule has 0 amide bonds. The molecule has 1 unspecified atom stereocenters. The normalized spacial score (nSPS) is 16.2. The van der Waals surface area contributed by atoms with Crippen LogP contribution in [-0.2, 0) is 6.42 Å². The van der Waals surface area contributed by atoms with Crippen LogP contribution in [-0.4, -0.2) is 12.9 Å². The van der Waals surface area contributed by atoms with Crippen LogP contribution in [0.4, 0.5) is 0 Å². The van der Waals surface area contributed by atoms with E-state index in [0.29, 0.717) is 23.7 Å². The monoisotopic (exact) mass is 266 g/mol. The summed E-state index contributed by atoms with van der Waals surface area (Å²) < 4.78 is 5.33. The van der Waals surface area contributed by atoms with Crippen molar-refractivity contribution in [2.24, 2.45) is 0 Å². The first-order valence-corrected chi connectivity index (χ1v) is 6.94. The van der Waals surface area contributed by atoms with E-state index in [1.54, 1.807) is 7.11 Å². The second-order valence-electron chi connectivity index (χ2n) is 5.43. The number of carbonyl (C=O) groups is 1. The molecular weight excluding hydrogens is 248 g/mol. The molecule has 2 aromatic rings. The van der Waals surface area contributed by atoms with Crippen molar-refractivity contribution in [1.29, 1.82) is 0 Å². The van der Waals surface area contributed by atoms with Crippen molar-refractivity contribution in [2.45, 2.75) is 25.7 Å².